The van der Waals surface area contributed by atoms with Crippen LogP contribution in [-0.2, 0) is 13.1 Å². The number of hydrogen-bond acceptors (Lipinski definition) is 6. The van der Waals surface area contributed by atoms with Crippen LogP contribution in [0.2, 0.25) is 0 Å². The van der Waals surface area contributed by atoms with E-state index in [1.165, 1.54) is 10.4 Å². The maximum atomic E-state index is 5.50. The molecule has 0 radical (unpaired) electrons. The summed E-state index contributed by atoms with van der Waals surface area (Å²) < 4.78 is 10.9. The fourth-order valence-corrected chi connectivity index (χ4v) is 4.45. The molecule has 0 amide bonds. The minimum atomic E-state index is 0.324. The molecule has 0 aliphatic carbocycles. The summed E-state index contributed by atoms with van der Waals surface area (Å²) in [7, 11) is 0. The largest absolute Gasteiger partial charge is 0.454 e. The number of fused-ring (bicyclic) bond motifs is 1. The highest BCUT2D eigenvalue weighted by atomic mass is 32.1. The predicted molar refractivity (Wildman–Crippen MR) is 116 cm³/mol. The van der Waals surface area contributed by atoms with Gasteiger partial charge >= 0.3 is 0 Å². The number of hydrogen-bond donors (Lipinski definition) is 1. The highest BCUT2D eigenvalue weighted by Gasteiger charge is 2.21. The maximum absolute atomic E-state index is 5.50. The molecule has 2 aromatic rings. The number of thiazole rings is 1. The molecule has 0 bridgehead atoms. The third kappa shape index (κ3) is 4.82. The van der Waals surface area contributed by atoms with E-state index in [0.717, 1.165) is 67.4 Å². The Bertz CT molecular complexity index is 854. The topological polar surface area (TPSA) is 62.2 Å². The van der Waals surface area contributed by atoms with Crippen molar-refractivity contribution in [3.05, 3.63) is 39.3 Å². The Morgan fingerprint density at radius 1 is 1.17 bits per heavy atom. The van der Waals surface area contributed by atoms with Gasteiger partial charge in [0, 0.05) is 44.1 Å². The second-order valence-corrected chi connectivity index (χ2v) is 8.66. The maximum Gasteiger partial charge on any atom is 0.231 e. The smallest absolute Gasteiger partial charge is 0.231 e. The number of aromatic nitrogens is 1. The summed E-state index contributed by atoms with van der Waals surface area (Å²) >= 11 is 1.74. The Labute approximate surface area is 176 Å². The first kappa shape index (κ1) is 20.0. The molecule has 1 saturated heterocycles. The number of guanidine groups is 1. The lowest BCUT2D eigenvalue weighted by molar-refractivity contribution is 0.171. The van der Waals surface area contributed by atoms with Gasteiger partial charge in [-0.25, -0.2) is 9.98 Å². The van der Waals surface area contributed by atoms with Gasteiger partial charge in [0.1, 0.15) is 5.01 Å². The van der Waals surface area contributed by atoms with E-state index in [4.69, 9.17) is 14.5 Å². The first-order valence-electron chi connectivity index (χ1n) is 10.2. The molecule has 8 heteroatoms. The predicted octanol–water partition coefficient (Wildman–Crippen LogP) is 2.77. The van der Waals surface area contributed by atoms with Crippen LogP contribution in [0.5, 0.6) is 11.5 Å². The molecule has 3 heterocycles. The van der Waals surface area contributed by atoms with Gasteiger partial charge in [0.2, 0.25) is 6.79 Å². The van der Waals surface area contributed by atoms with E-state index in [9.17, 15) is 0 Å². The zero-order valence-corrected chi connectivity index (χ0v) is 18.2. The van der Waals surface area contributed by atoms with E-state index in [-0.39, 0.29) is 0 Å². The van der Waals surface area contributed by atoms with Gasteiger partial charge in [0.15, 0.2) is 17.5 Å². The third-order valence-electron chi connectivity index (χ3n) is 5.29. The summed E-state index contributed by atoms with van der Waals surface area (Å²) in [6, 6.07) is 6.23. The van der Waals surface area contributed by atoms with Gasteiger partial charge in [-0.05, 0) is 38.5 Å². The molecule has 1 fully saturated rings. The van der Waals surface area contributed by atoms with Gasteiger partial charge in [-0.1, -0.05) is 6.07 Å². The standard InChI is InChI=1S/C21H29N5O2S/c1-4-22-21(23-12-20-24-15(2)16(3)29-20)26-9-7-25(8-10-26)13-17-5-6-18-19(11-17)28-14-27-18/h5-6,11H,4,7-10,12-14H2,1-3H3,(H,22,23). The lowest BCUT2D eigenvalue weighted by Crippen LogP contribution is -2.52. The number of aliphatic imine (C=N–C) groups is 1. The normalized spacial score (nSPS) is 17.1. The Balaban J connectivity index is 1.33. The molecule has 1 N–H and O–H groups in total. The summed E-state index contributed by atoms with van der Waals surface area (Å²) in [6.45, 7) is 13.0. The average molecular weight is 416 g/mol. The van der Waals surface area contributed by atoms with Crippen molar-refractivity contribution in [1.82, 2.24) is 20.1 Å². The Morgan fingerprint density at radius 3 is 2.69 bits per heavy atom. The van der Waals surface area contributed by atoms with Crippen molar-refractivity contribution in [3.63, 3.8) is 0 Å². The highest BCUT2D eigenvalue weighted by Crippen LogP contribution is 2.32. The van der Waals surface area contributed by atoms with Crippen molar-refractivity contribution in [2.45, 2.75) is 33.9 Å². The second kappa shape index (κ2) is 9.00. The zero-order valence-electron chi connectivity index (χ0n) is 17.4. The molecule has 1 aromatic carbocycles. The lowest BCUT2D eigenvalue weighted by atomic mass is 10.1. The summed E-state index contributed by atoms with van der Waals surface area (Å²) in [5.41, 5.74) is 2.38. The minimum absolute atomic E-state index is 0.324. The van der Waals surface area contributed by atoms with Crippen molar-refractivity contribution in [3.8, 4) is 11.5 Å². The molecule has 0 unspecified atom stereocenters. The highest BCUT2D eigenvalue weighted by molar-refractivity contribution is 7.11. The summed E-state index contributed by atoms with van der Waals surface area (Å²) in [5.74, 6) is 2.69. The Morgan fingerprint density at radius 2 is 1.97 bits per heavy atom. The van der Waals surface area contributed by atoms with Gasteiger partial charge in [0.05, 0.1) is 12.2 Å². The molecule has 2 aliphatic rings. The molecule has 0 saturated carbocycles. The van der Waals surface area contributed by atoms with Crippen LogP contribution in [0.3, 0.4) is 0 Å². The van der Waals surface area contributed by atoms with E-state index in [1.807, 2.05) is 6.07 Å². The molecule has 7 nitrogen and oxygen atoms in total. The molecule has 2 aliphatic heterocycles. The number of benzene rings is 1. The van der Waals surface area contributed by atoms with E-state index < -0.39 is 0 Å². The fraction of sp³-hybridized carbons (Fsp3) is 0.524. The number of piperazine rings is 1. The van der Waals surface area contributed by atoms with Crippen molar-refractivity contribution in [2.75, 3.05) is 39.5 Å². The quantitative estimate of drug-likeness (QED) is 0.599. The van der Waals surface area contributed by atoms with Crippen molar-refractivity contribution < 1.29 is 9.47 Å². The van der Waals surface area contributed by atoms with Crippen LogP contribution < -0.4 is 14.8 Å². The van der Waals surface area contributed by atoms with Gasteiger partial charge in [-0.3, -0.25) is 4.90 Å². The molecular weight excluding hydrogens is 386 g/mol. The van der Waals surface area contributed by atoms with Crippen LogP contribution in [0, 0.1) is 13.8 Å². The van der Waals surface area contributed by atoms with Crippen LogP contribution in [0.1, 0.15) is 28.1 Å². The van der Waals surface area contributed by atoms with Crippen LogP contribution in [-0.4, -0.2) is 60.3 Å². The van der Waals surface area contributed by atoms with Gasteiger partial charge in [-0.15, -0.1) is 11.3 Å². The van der Waals surface area contributed by atoms with Gasteiger partial charge < -0.3 is 19.7 Å². The number of ether oxygens (including phenoxy) is 2. The van der Waals surface area contributed by atoms with E-state index >= 15 is 0 Å². The summed E-state index contributed by atoms with van der Waals surface area (Å²) in [4.78, 5) is 15.6. The van der Waals surface area contributed by atoms with Crippen LogP contribution in [0.15, 0.2) is 23.2 Å². The number of aryl methyl sites for hydroxylation is 2. The fourth-order valence-electron chi connectivity index (χ4n) is 3.59. The Hall–Kier alpha value is -2.32. The van der Waals surface area contributed by atoms with Crippen LogP contribution in [0.25, 0.3) is 0 Å². The molecule has 29 heavy (non-hydrogen) atoms. The number of nitrogens with one attached hydrogen (secondary N) is 1. The van der Waals surface area contributed by atoms with E-state index in [1.54, 1.807) is 11.3 Å². The van der Waals surface area contributed by atoms with Crippen molar-refractivity contribution >= 4 is 17.3 Å². The minimum Gasteiger partial charge on any atom is -0.454 e. The van der Waals surface area contributed by atoms with E-state index in [0.29, 0.717) is 13.3 Å². The SMILES string of the molecule is CCNC(=NCc1nc(C)c(C)s1)N1CCN(Cc2ccc3c(c2)OCO3)CC1. The number of rotatable bonds is 5. The molecule has 1 aromatic heterocycles. The van der Waals surface area contributed by atoms with E-state index in [2.05, 4.69) is 53.0 Å². The molecule has 0 spiro atoms. The summed E-state index contributed by atoms with van der Waals surface area (Å²) in [5, 5.41) is 4.52. The molecule has 156 valence electrons. The van der Waals surface area contributed by atoms with Crippen LogP contribution in [0.4, 0.5) is 0 Å². The summed E-state index contributed by atoms with van der Waals surface area (Å²) in [6.07, 6.45) is 0. The Kier molecular flexibility index (Phi) is 6.20. The second-order valence-electron chi connectivity index (χ2n) is 7.37. The first-order chi connectivity index (χ1) is 14.1. The third-order valence-corrected chi connectivity index (χ3v) is 6.34. The van der Waals surface area contributed by atoms with Crippen LogP contribution >= 0.6 is 11.3 Å². The van der Waals surface area contributed by atoms with Gasteiger partial charge in [-0.2, -0.15) is 0 Å². The van der Waals surface area contributed by atoms with Crippen molar-refractivity contribution in [2.24, 2.45) is 4.99 Å². The van der Waals surface area contributed by atoms with Gasteiger partial charge in [0.25, 0.3) is 0 Å². The first-order valence-corrected chi connectivity index (χ1v) is 11.0. The molecular formula is C21H29N5O2S. The zero-order chi connectivity index (χ0) is 20.2. The average Bonchev–Trinajstić information content (AvgIpc) is 3.31. The molecule has 0 atom stereocenters. The molecule has 4 rings (SSSR count). The van der Waals surface area contributed by atoms with Crippen molar-refractivity contribution in [1.29, 1.82) is 0 Å². The lowest BCUT2D eigenvalue weighted by Gasteiger charge is -2.36. The monoisotopic (exact) mass is 415 g/mol. The number of nitrogens with zero attached hydrogens (tertiary/aromatic N) is 4.